The summed E-state index contributed by atoms with van der Waals surface area (Å²) in [6, 6.07) is 9.78. The monoisotopic (exact) mass is 486 g/mol. The number of benzene rings is 1. The molecule has 1 aromatic carbocycles. The molecule has 0 aliphatic heterocycles. The first kappa shape index (κ1) is 27.5. The summed E-state index contributed by atoms with van der Waals surface area (Å²) in [7, 11) is 0. The van der Waals surface area contributed by atoms with Gasteiger partial charge >= 0.3 is 0 Å². The van der Waals surface area contributed by atoms with E-state index in [1.54, 1.807) is 5.56 Å². The van der Waals surface area contributed by atoms with Crippen LogP contribution in [-0.4, -0.2) is 0 Å². The van der Waals surface area contributed by atoms with Crippen LogP contribution in [0.2, 0.25) is 0 Å². The first-order valence-corrected chi connectivity index (χ1v) is 15.9. The predicted octanol–water partition coefficient (Wildman–Crippen LogP) is 11.0. The highest BCUT2D eigenvalue weighted by atomic mass is 14.3. The SMILES string of the molecule is CCCCCC1CCC(c2ccc(CCC3C=CC(C=CC4C=CC(CCC)CC4)CC3)cc2)CC1. The summed E-state index contributed by atoms with van der Waals surface area (Å²) >= 11 is 0. The molecule has 4 unspecified atom stereocenters. The minimum atomic E-state index is 0.657. The molecule has 0 spiro atoms. The number of rotatable bonds is 12. The van der Waals surface area contributed by atoms with Crippen LogP contribution < -0.4 is 0 Å². The number of unbranched alkanes of at least 4 members (excludes halogenated alkanes) is 2. The van der Waals surface area contributed by atoms with Gasteiger partial charge in [0, 0.05) is 0 Å². The second-order valence-electron chi connectivity index (χ2n) is 12.4. The van der Waals surface area contributed by atoms with E-state index in [0.29, 0.717) is 11.8 Å². The van der Waals surface area contributed by atoms with E-state index in [0.717, 1.165) is 23.7 Å². The van der Waals surface area contributed by atoms with E-state index in [1.165, 1.54) is 108 Å². The zero-order valence-corrected chi connectivity index (χ0v) is 23.6. The molecule has 1 aromatic rings. The molecule has 0 saturated heterocycles. The quantitative estimate of drug-likeness (QED) is 0.203. The normalized spacial score (nSPS) is 30.7. The molecule has 0 N–H and O–H groups in total. The number of aryl methyl sites for hydroxylation is 1. The van der Waals surface area contributed by atoms with Crippen molar-refractivity contribution in [3.63, 3.8) is 0 Å². The van der Waals surface area contributed by atoms with E-state index in [-0.39, 0.29) is 0 Å². The van der Waals surface area contributed by atoms with Gasteiger partial charge in [0.1, 0.15) is 0 Å². The molecule has 36 heavy (non-hydrogen) atoms. The van der Waals surface area contributed by atoms with Crippen molar-refractivity contribution in [2.75, 3.05) is 0 Å². The lowest BCUT2D eigenvalue weighted by Gasteiger charge is -2.29. The number of allylic oxidation sites excluding steroid dienone is 6. The van der Waals surface area contributed by atoms with Crippen molar-refractivity contribution in [3.05, 3.63) is 71.8 Å². The van der Waals surface area contributed by atoms with Gasteiger partial charge in [0.05, 0.1) is 0 Å². The van der Waals surface area contributed by atoms with Crippen molar-refractivity contribution in [2.45, 2.75) is 122 Å². The molecule has 4 rings (SSSR count). The van der Waals surface area contributed by atoms with Crippen LogP contribution in [0.15, 0.2) is 60.7 Å². The van der Waals surface area contributed by atoms with Gasteiger partial charge in [0.15, 0.2) is 0 Å². The molecule has 0 bridgehead atoms. The van der Waals surface area contributed by atoms with Gasteiger partial charge in [-0.1, -0.05) is 107 Å². The van der Waals surface area contributed by atoms with Crippen molar-refractivity contribution in [2.24, 2.45) is 29.6 Å². The molecule has 0 heteroatoms. The molecule has 1 saturated carbocycles. The number of hydrogen-bond acceptors (Lipinski definition) is 0. The Kier molecular flexibility index (Phi) is 11.4. The molecule has 1 fully saturated rings. The molecule has 0 aromatic heterocycles. The second-order valence-corrected chi connectivity index (χ2v) is 12.4. The highest BCUT2D eigenvalue weighted by Gasteiger charge is 2.22. The summed E-state index contributed by atoms with van der Waals surface area (Å²) in [4.78, 5) is 0. The standard InChI is InChI=1S/C36H54/c1-3-5-6-8-30-21-25-35(26-22-30)36-27-23-34(24-28-36)20-19-33-17-15-32(16-18-33)14-13-31-11-9-29(7-4-2)10-12-31/h9,11,13-15,17,23-24,27-33,35H,3-8,10,12,16,18-22,25-26H2,1-2H3. The third-order valence-corrected chi connectivity index (χ3v) is 9.59. The highest BCUT2D eigenvalue weighted by Crippen LogP contribution is 2.38. The molecule has 0 nitrogen and oxygen atoms in total. The van der Waals surface area contributed by atoms with Crippen molar-refractivity contribution in [3.8, 4) is 0 Å². The third kappa shape index (κ3) is 8.78. The molecule has 3 aliphatic rings. The van der Waals surface area contributed by atoms with E-state index >= 15 is 0 Å². The lowest BCUT2D eigenvalue weighted by atomic mass is 9.77. The second kappa shape index (κ2) is 15.0. The Morgan fingerprint density at radius 2 is 1.25 bits per heavy atom. The average molecular weight is 487 g/mol. The first-order valence-electron chi connectivity index (χ1n) is 15.9. The van der Waals surface area contributed by atoms with Crippen LogP contribution in [0, 0.1) is 29.6 Å². The van der Waals surface area contributed by atoms with Crippen molar-refractivity contribution in [1.29, 1.82) is 0 Å². The zero-order valence-electron chi connectivity index (χ0n) is 23.6. The fourth-order valence-electron chi connectivity index (χ4n) is 7.03. The lowest BCUT2D eigenvalue weighted by molar-refractivity contribution is 0.303. The first-order chi connectivity index (χ1) is 17.7. The summed E-state index contributed by atoms with van der Waals surface area (Å²) in [6.45, 7) is 4.62. The Balaban J connectivity index is 1.15. The van der Waals surface area contributed by atoms with Gasteiger partial charge in [0.2, 0.25) is 0 Å². The molecular weight excluding hydrogens is 432 g/mol. The molecule has 3 aliphatic carbocycles. The van der Waals surface area contributed by atoms with Crippen LogP contribution in [0.4, 0.5) is 0 Å². The summed E-state index contributed by atoms with van der Waals surface area (Å²) in [5.74, 6) is 4.76. The molecule has 198 valence electrons. The average Bonchev–Trinajstić information content (AvgIpc) is 2.93. The van der Waals surface area contributed by atoms with Crippen LogP contribution >= 0.6 is 0 Å². The maximum atomic E-state index is 2.53. The van der Waals surface area contributed by atoms with Gasteiger partial charge in [-0.15, -0.1) is 0 Å². The van der Waals surface area contributed by atoms with Gasteiger partial charge in [-0.2, -0.15) is 0 Å². The lowest BCUT2D eigenvalue weighted by Crippen LogP contribution is -2.13. The molecule has 0 amide bonds. The van der Waals surface area contributed by atoms with E-state index in [4.69, 9.17) is 0 Å². The van der Waals surface area contributed by atoms with Crippen LogP contribution in [0.25, 0.3) is 0 Å². The maximum absolute atomic E-state index is 2.53. The van der Waals surface area contributed by atoms with E-state index in [9.17, 15) is 0 Å². The van der Waals surface area contributed by atoms with Crippen LogP contribution in [-0.2, 0) is 6.42 Å². The Bertz CT molecular complexity index is 816. The Morgan fingerprint density at radius 3 is 1.81 bits per heavy atom. The Labute approximate surface area is 223 Å². The minimum absolute atomic E-state index is 0.657. The van der Waals surface area contributed by atoms with E-state index < -0.39 is 0 Å². The summed E-state index contributed by atoms with van der Waals surface area (Å²) in [5.41, 5.74) is 3.14. The minimum Gasteiger partial charge on any atom is -0.0848 e. The third-order valence-electron chi connectivity index (χ3n) is 9.59. The molecule has 0 heterocycles. The Morgan fingerprint density at radius 1 is 0.611 bits per heavy atom. The summed E-state index contributed by atoms with van der Waals surface area (Å²) in [6.07, 6.45) is 37.0. The molecule has 4 atom stereocenters. The maximum Gasteiger partial charge on any atom is -0.00530 e. The van der Waals surface area contributed by atoms with E-state index in [2.05, 4.69) is 74.6 Å². The van der Waals surface area contributed by atoms with E-state index in [1.807, 2.05) is 0 Å². The van der Waals surface area contributed by atoms with Gasteiger partial charge in [-0.25, -0.2) is 0 Å². The topological polar surface area (TPSA) is 0 Å². The van der Waals surface area contributed by atoms with Crippen LogP contribution in [0.1, 0.15) is 127 Å². The Hall–Kier alpha value is -1.56. The fraction of sp³-hybridized carbons (Fsp3) is 0.667. The van der Waals surface area contributed by atoms with Crippen molar-refractivity contribution in [1.82, 2.24) is 0 Å². The largest absolute Gasteiger partial charge is 0.0848 e. The van der Waals surface area contributed by atoms with Crippen molar-refractivity contribution >= 4 is 0 Å². The highest BCUT2D eigenvalue weighted by molar-refractivity contribution is 5.26. The summed E-state index contributed by atoms with van der Waals surface area (Å²) < 4.78 is 0. The predicted molar refractivity (Wildman–Crippen MR) is 158 cm³/mol. The van der Waals surface area contributed by atoms with Crippen molar-refractivity contribution < 1.29 is 0 Å². The zero-order chi connectivity index (χ0) is 25.0. The molecule has 0 radical (unpaired) electrons. The summed E-state index contributed by atoms with van der Waals surface area (Å²) in [5, 5.41) is 0. The van der Waals surface area contributed by atoms with Gasteiger partial charge in [0.25, 0.3) is 0 Å². The fourth-order valence-corrected chi connectivity index (χ4v) is 7.03. The van der Waals surface area contributed by atoms with Gasteiger partial charge in [-0.3, -0.25) is 0 Å². The van der Waals surface area contributed by atoms with Gasteiger partial charge < -0.3 is 0 Å². The smallest absolute Gasteiger partial charge is 0.00530 e. The van der Waals surface area contributed by atoms with Gasteiger partial charge in [-0.05, 0) is 117 Å². The molecular formula is C36H54. The van der Waals surface area contributed by atoms with Crippen LogP contribution in [0.5, 0.6) is 0 Å². The van der Waals surface area contributed by atoms with Crippen LogP contribution in [0.3, 0.4) is 0 Å². The number of hydrogen-bond donors (Lipinski definition) is 0.